The Hall–Kier alpha value is -2.27. The van der Waals surface area contributed by atoms with Crippen molar-refractivity contribution < 1.29 is 4.74 Å². The first-order valence-corrected chi connectivity index (χ1v) is 6.70. The van der Waals surface area contributed by atoms with Gasteiger partial charge in [0.2, 0.25) is 0 Å². The SMILES string of the molecule is Cc1cc(C(C)(C)C)ccc1Oc1ccccc1C#N. The van der Waals surface area contributed by atoms with Crippen molar-refractivity contribution in [2.75, 3.05) is 0 Å². The van der Waals surface area contributed by atoms with Crippen LogP contribution in [0.3, 0.4) is 0 Å². The molecule has 0 aromatic heterocycles. The van der Waals surface area contributed by atoms with E-state index in [0.29, 0.717) is 11.3 Å². The van der Waals surface area contributed by atoms with E-state index in [1.165, 1.54) is 5.56 Å². The maximum absolute atomic E-state index is 9.09. The van der Waals surface area contributed by atoms with Crippen LogP contribution in [0.4, 0.5) is 0 Å². The fourth-order valence-electron chi connectivity index (χ4n) is 2.00. The molecule has 0 spiro atoms. The second-order valence-electron chi connectivity index (χ2n) is 5.94. The molecule has 0 radical (unpaired) electrons. The molecule has 0 unspecified atom stereocenters. The summed E-state index contributed by atoms with van der Waals surface area (Å²) in [6.45, 7) is 8.59. The van der Waals surface area contributed by atoms with Crippen LogP contribution >= 0.6 is 0 Å². The minimum Gasteiger partial charge on any atom is -0.456 e. The molecule has 0 saturated heterocycles. The Labute approximate surface area is 120 Å². The van der Waals surface area contributed by atoms with Crippen molar-refractivity contribution in [1.82, 2.24) is 0 Å². The Bertz CT molecular complexity index is 660. The van der Waals surface area contributed by atoms with Gasteiger partial charge in [0.25, 0.3) is 0 Å². The number of para-hydroxylation sites is 1. The molecule has 0 aliphatic heterocycles. The number of aryl methyl sites for hydroxylation is 1. The normalized spacial score (nSPS) is 10.9. The van der Waals surface area contributed by atoms with Crippen LogP contribution in [0.15, 0.2) is 42.5 Å². The van der Waals surface area contributed by atoms with Crippen LogP contribution < -0.4 is 4.74 Å². The summed E-state index contributed by atoms with van der Waals surface area (Å²) in [7, 11) is 0. The molecule has 0 heterocycles. The molecule has 0 fully saturated rings. The summed E-state index contributed by atoms with van der Waals surface area (Å²) in [4.78, 5) is 0. The molecule has 2 rings (SSSR count). The monoisotopic (exact) mass is 265 g/mol. The van der Waals surface area contributed by atoms with E-state index >= 15 is 0 Å². The number of benzene rings is 2. The Morgan fingerprint density at radius 3 is 2.30 bits per heavy atom. The van der Waals surface area contributed by atoms with Crippen LogP contribution in [-0.2, 0) is 5.41 Å². The first-order chi connectivity index (χ1) is 9.41. The van der Waals surface area contributed by atoms with Gasteiger partial charge in [-0.05, 0) is 41.7 Å². The molecule has 2 nitrogen and oxygen atoms in total. The molecule has 2 aromatic rings. The third kappa shape index (κ3) is 3.00. The van der Waals surface area contributed by atoms with E-state index in [1.807, 2.05) is 31.2 Å². The predicted octanol–water partition coefficient (Wildman–Crippen LogP) is 4.96. The summed E-state index contributed by atoms with van der Waals surface area (Å²) in [5.41, 5.74) is 3.02. The summed E-state index contributed by atoms with van der Waals surface area (Å²) in [5, 5.41) is 9.09. The Morgan fingerprint density at radius 2 is 1.70 bits per heavy atom. The average Bonchev–Trinajstić information content (AvgIpc) is 2.40. The number of hydrogen-bond acceptors (Lipinski definition) is 2. The van der Waals surface area contributed by atoms with Crippen molar-refractivity contribution >= 4 is 0 Å². The molecule has 2 aromatic carbocycles. The fourth-order valence-corrected chi connectivity index (χ4v) is 2.00. The largest absolute Gasteiger partial charge is 0.456 e. The molecule has 0 atom stereocenters. The number of rotatable bonds is 2. The van der Waals surface area contributed by atoms with Gasteiger partial charge in [-0.1, -0.05) is 45.0 Å². The first kappa shape index (κ1) is 14.1. The molecule has 2 heteroatoms. The maximum Gasteiger partial charge on any atom is 0.145 e. The van der Waals surface area contributed by atoms with Gasteiger partial charge < -0.3 is 4.74 Å². The lowest BCUT2D eigenvalue weighted by Gasteiger charge is -2.20. The molecular weight excluding hydrogens is 246 g/mol. The van der Waals surface area contributed by atoms with Crippen molar-refractivity contribution in [3.8, 4) is 17.6 Å². The fraction of sp³-hybridized carbons (Fsp3) is 0.278. The van der Waals surface area contributed by atoms with Crippen molar-refractivity contribution in [2.45, 2.75) is 33.1 Å². The van der Waals surface area contributed by atoms with E-state index in [1.54, 1.807) is 6.07 Å². The molecule has 0 N–H and O–H groups in total. The highest BCUT2D eigenvalue weighted by atomic mass is 16.5. The molecule has 0 bridgehead atoms. The van der Waals surface area contributed by atoms with Crippen molar-refractivity contribution in [3.05, 3.63) is 59.2 Å². The molecule has 102 valence electrons. The van der Waals surface area contributed by atoms with Gasteiger partial charge >= 0.3 is 0 Å². The van der Waals surface area contributed by atoms with E-state index in [4.69, 9.17) is 10.00 Å². The van der Waals surface area contributed by atoms with Gasteiger partial charge in [-0.25, -0.2) is 0 Å². The zero-order valence-electron chi connectivity index (χ0n) is 12.4. The van der Waals surface area contributed by atoms with Gasteiger partial charge in [-0.15, -0.1) is 0 Å². The van der Waals surface area contributed by atoms with Crippen molar-refractivity contribution in [1.29, 1.82) is 5.26 Å². The topological polar surface area (TPSA) is 33.0 Å². The highest BCUT2D eigenvalue weighted by Gasteiger charge is 2.15. The maximum atomic E-state index is 9.09. The third-order valence-corrected chi connectivity index (χ3v) is 3.27. The highest BCUT2D eigenvalue weighted by Crippen LogP contribution is 2.31. The summed E-state index contributed by atoms with van der Waals surface area (Å²) in [5.74, 6) is 1.39. The van der Waals surface area contributed by atoms with Crippen LogP contribution in [0.25, 0.3) is 0 Å². The first-order valence-electron chi connectivity index (χ1n) is 6.70. The van der Waals surface area contributed by atoms with Gasteiger partial charge in [0.05, 0.1) is 5.56 Å². The van der Waals surface area contributed by atoms with Crippen molar-refractivity contribution in [2.24, 2.45) is 0 Å². The standard InChI is InChI=1S/C18H19NO/c1-13-11-15(18(2,3)4)9-10-16(13)20-17-8-6-5-7-14(17)12-19/h5-11H,1-4H3. The Balaban J connectivity index is 2.34. The Kier molecular flexibility index (Phi) is 3.81. The van der Waals surface area contributed by atoms with Crippen LogP contribution in [0, 0.1) is 18.3 Å². The van der Waals surface area contributed by atoms with Crippen LogP contribution in [0.5, 0.6) is 11.5 Å². The summed E-state index contributed by atoms with van der Waals surface area (Å²) in [6, 6.07) is 15.6. The number of nitriles is 1. The van der Waals surface area contributed by atoms with E-state index in [9.17, 15) is 0 Å². The number of nitrogens with zero attached hydrogens (tertiary/aromatic N) is 1. The van der Waals surface area contributed by atoms with Gasteiger partial charge in [-0.2, -0.15) is 5.26 Å². The third-order valence-electron chi connectivity index (χ3n) is 3.27. The number of ether oxygens (including phenoxy) is 1. The lowest BCUT2D eigenvalue weighted by atomic mass is 9.86. The quantitative estimate of drug-likeness (QED) is 0.769. The summed E-state index contributed by atoms with van der Waals surface area (Å²) >= 11 is 0. The van der Waals surface area contributed by atoms with E-state index in [2.05, 4.69) is 39.0 Å². The number of hydrogen-bond donors (Lipinski definition) is 0. The smallest absolute Gasteiger partial charge is 0.145 e. The molecular formula is C18H19NO. The van der Waals surface area contributed by atoms with Gasteiger partial charge in [0.1, 0.15) is 17.6 Å². The zero-order valence-corrected chi connectivity index (χ0v) is 12.4. The molecule has 0 aliphatic rings. The summed E-state index contributed by atoms with van der Waals surface area (Å²) in [6.07, 6.45) is 0. The zero-order chi connectivity index (χ0) is 14.8. The van der Waals surface area contributed by atoms with Gasteiger partial charge in [-0.3, -0.25) is 0 Å². The minimum atomic E-state index is 0.119. The molecule has 0 amide bonds. The molecule has 20 heavy (non-hydrogen) atoms. The highest BCUT2D eigenvalue weighted by molar-refractivity contribution is 5.47. The average molecular weight is 265 g/mol. The van der Waals surface area contributed by atoms with Crippen LogP contribution in [0.2, 0.25) is 0 Å². The van der Waals surface area contributed by atoms with Gasteiger partial charge in [0, 0.05) is 0 Å². The van der Waals surface area contributed by atoms with Crippen LogP contribution in [-0.4, -0.2) is 0 Å². The Morgan fingerprint density at radius 1 is 1.00 bits per heavy atom. The van der Waals surface area contributed by atoms with Crippen LogP contribution in [0.1, 0.15) is 37.5 Å². The lowest BCUT2D eigenvalue weighted by Crippen LogP contribution is -2.11. The van der Waals surface area contributed by atoms with E-state index < -0.39 is 0 Å². The predicted molar refractivity (Wildman–Crippen MR) is 81.1 cm³/mol. The van der Waals surface area contributed by atoms with E-state index in [-0.39, 0.29) is 5.41 Å². The minimum absolute atomic E-state index is 0.119. The van der Waals surface area contributed by atoms with Gasteiger partial charge in [0.15, 0.2) is 0 Å². The molecule has 0 aliphatic carbocycles. The van der Waals surface area contributed by atoms with E-state index in [0.717, 1.165) is 11.3 Å². The lowest BCUT2D eigenvalue weighted by molar-refractivity contribution is 0.476. The second-order valence-corrected chi connectivity index (χ2v) is 5.94. The molecule has 0 saturated carbocycles. The summed E-state index contributed by atoms with van der Waals surface area (Å²) < 4.78 is 5.88. The second kappa shape index (κ2) is 5.38. The van der Waals surface area contributed by atoms with Crippen molar-refractivity contribution in [3.63, 3.8) is 0 Å².